The highest BCUT2D eigenvalue weighted by Gasteiger charge is 2.48. The Hall–Kier alpha value is -4.60. The third-order valence-electron chi connectivity index (χ3n) is 11.9. The van der Waals surface area contributed by atoms with Crippen LogP contribution in [-0.4, -0.2) is 109 Å². The molecule has 1 aliphatic carbocycles. The van der Waals surface area contributed by atoms with Crippen molar-refractivity contribution in [2.24, 2.45) is 10.8 Å². The normalized spacial score (nSPS) is 18.6. The highest BCUT2D eigenvalue weighted by Crippen LogP contribution is 2.41. The van der Waals surface area contributed by atoms with Crippen LogP contribution in [0.1, 0.15) is 56.3 Å². The van der Waals surface area contributed by atoms with E-state index in [4.69, 9.17) is 25.8 Å². The highest BCUT2D eigenvalue weighted by atomic mass is 35.5. The highest BCUT2D eigenvalue weighted by molar-refractivity contribution is 7.98. The SMILES string of the molecule is C=C.CC1(C)CCC(CN2CCN(c3ccc(C(=O)NSc4ccc(OCCN5CC6(COC6)C5)c([N+](=O)[O-])c4)c(Oc4cnc5[nH]ccc5c4)c3)CC2)=C(CCCCl)C1. The molecule has 2 N–H and O–H groups in total. The van der Waals surface area contributed by atoms with E-state index in [-0.39, 0.29) is 11.4 Å². The number of carbonyl (C=O) groups excluding carboxylic acids is 1. The molecule has 8 rings (SSSR count). The number of nitrogens with one attached hydrogen (secondary N) is 2. The van der Waals surface area contributed by atoms with Gasteiger partial charge in [0.25, 0.3) is 5.91 Å². The fraction of sp³-hybridized carbons (Fsp3) is 0.467. The number of amides is 1. The van der Waals surface area contributed by atoms with E-state index in [1.807, 2.05) is 30.5 Å². The van der Waals surface area contributed by atoms with Crippen molar-refractivity contribution in [1.82, 2.24) is 24.5 Å². The van der Waals surface area contributed by atoms with Gasteiger partial charge in [-0.2, -0.15) is 0 Å². The number of likely N-dealkylation sites (tertiary alicyclic amines) is 1. The number of fused-ring (bicyclic) bond motifs is 1. The van der Waals surface area contributed by atoms with Gasteiger partial charge < -0.3 is 24.1 Å². The van der Waals surface area contributed by atoms with E-state index in [2.05, 4.69) is 56.4 Å². The number of benzene rings is 2. The fourth-order valence-electron chi connectivity index (χ4n) is 8.61. The van der Waals surface area contributed by atoms with Crippen molar-refractivity contribution in [3.8, 4) is 17.2 Å². The van der Waals surface area contributed by atoms with Crippen molar-refractivity contribution >= 4 is 51.9 Å². The Morgan fingerprint density at radius 1 is 1.05 bits per heavy atom. The minimum absolute atomic E-state index is 0.154. The van der Waals surface area contributed by atoms with Crippen molar-refractivity contribution in [1.29, 1.82) is 0 Å². The number of aromatic amines is 1. The molecule has 3 fully saturated rings. The maximum Gasteiger partial charge on any atom is 0.312 e. The Bertz CT molecular complexity index is 2180. The molecule has 5 heterocycles. The van der Waals surface area contributed by atoms with Gasteiger partial charge in [-0.25, -0.2) is 4.98 Å². The first-order valence-corrected chi connectivity index (χ1v) is 22.1. The summed E-state index contributed by atoms with van der Waals surface area (Å²) >= 11 is 7.10. The average Bonchev–Trinajstić information content (AvgIpc) is 3.69. The van der Waals surface area contributed by atoms with Crippen LogP contribution in [0.5, 0.6) is 17.2 Å². The lowest BCUT2D eigenvalue weighted by Gasteiger charge is -2.55. The van der Waals surface area contributed by atoms with Gasteiger partial charge in [0.15, 0.2) is 5.75 Å². The Kier molecular flexibility index (Phi) is 14.1. The van der Waals surface area contributed by atoms with Crippen molar-refractivity contribution < 1.29 is 23.9 Å². The number of aromatic nitrogens is 2. The Balaban J connectivity index is 0.00000268. The number of halogens is 1. The molecular weight excluding hydrogens is 802 g/mol. The van der Waals surface area contributed by atoms with Crippen LogP contribution in [0.2, 0.25) is 0 Å². The maximum absolute atomic E-state index is 13.8. The summed E-state index contributed by atoms with van der Waals surface area (Å²) in [5, 5.41) is 12.9. The van der Waals surface area contributed by atoms with Gasteiger partial charge in [-0.05, 0) is 85.9 Å². The number of ether oxygens (including phenoxy) is 3. The zero-order valence-corrected chi connectivity index (χ0v) is 36.3. The van der Waals surface area contributed by atoms with Crippen LogP contribution >= 0.6 is 23.5 Å². The largest absolute Gasteiger partial charge is 0.485 e. The molecule has 2 aromatic carbocycles. The third-order valence-corrected chi connectivity index (χ3v) is 12.9. The fourth-order valence-corrected chi connectivity index (χ4v) is 9.37. The van der Waals surface area contributed by atoms with Crippen molar-refractivity contribution in [3.05, 3.63) is 101 Å². The smallest absolute Gasteiger partial charge is 0.312 e. The summed E-state index contributed by atoms with van der Waals surface area (Å²) in [5.41, 5.74) is 5.74. The summed E-state index contributed by atoms with van der Waals surface area (Å²) in [7, 11) is 0. The molecule has 3 saturated heterocycles. The van der Waals surface area contributed by atoms with E-state index >= 15 is 0 Å². The Morgan fingerprint density at radius 3 is 2.58 bits per heavy atom. The first kappa shape index (κ1) is 43.5. The van der Waals surface area contributed by atoms with Gasteiger partial charge in [0.2, 0.25) is 0 Å². The predicted octanol–water partition coefficient (Wildman–Crippen LogP) is 8.86. The second kappa shape index (κ2) is 19.4. The van der Waals surface area contributed by atoms with Crippen molar-refractivity contribution in [3.63, 3.8) is 0 Å². The zero-order valence-electron chi connectivity index (χ0n) is 34.7. The number of rotatable bonds is 16. The van der Waals surface area contributed by atoms with E-state index in [1.54, 1.807) is 35.5 Å². The van der Waals surface area contributed by atoms with Gasteiger partial charge in [0.1, 0.15) is 23.8 Å². The van der Waals surface area contributed by atoms with E-state index in [1.165, 1.54) is 12.5 Å². The number of alkyl halides is 1. The summed E-state index contributed by atoms with van der Waals surface area (Å²) in [6.45, 7) is 19.9. The zero-order chi connectivity index (χ0) is 42.3. The molecule has 0 bridgehead atoms. The van der Waals surface area contributed by atoms with Crippen LogP contribution < -0.4 is 19.1 Å². The number of nitro groups is 1. The third kappa shape index (κ3) is 10.5. The van der Waals surface area contributed by atoms with Crippen LogP contribution in [0.25, 0.3) is 11.0 Å². The molecule has 0 radical (unpaired) electrons. The number of hydrogen-bond donors (Lipinski definition) is 2. The molecule has 2 aromatic heterocycles. The lowest BCUT2D eigenvalue weighted by Crippen LogP contribution is -2.66. The molecule has 0 saturated carbocycles. The van der Waals surface area contributed by atoms with E-state index in [0.717, 1.165) is 113 Å². The predicted molar refractivity (Wildman–Crippen MR) is 239 cm³/mol. The number of anilines is 1. The molecule has 1 spiro atoms. The van der Waals surface area contributed by atoms with Gasteiger partial charge in [0.05, 0.1) is 29.9 Å². The minimum Gasteiger partial charge on any atom is -0.485 e. The van der Waals surface area contributed by atoms with Crippen LogP contribution in [0.4, 0.5) is 11.4 Å². The Morgan fingerprint density at radius 2 is 1.85 bits per heavy atom. The quantitative estimate of drug-likeness (QED) is 0.0368. The van der Waals surface area contributed by atoms with Gasteiger partial charge in [-0.15, -0.1) is 24.8 Å². The van der Waals surface area contributed by atoms with E-state index < -0.39 is 10.8 Å². The monoisotopic (exact) mass is 857 g/mol. The molecular formula is C45H56ClN7O6S. The molecule has 1 amide bonds. The molecule has 15 heteroatoms. The van der Waals surface area contributed by atoms with E-state index in [9.17, 15) is 14.9 Å². The second-order valence-electron chi connectivity index (χ2n) is 16.9. The van der Waals surface area contributed by atoms with Gasteiger partial charge >= 0.3 is 5.69 Å². The molecule has 4 aliphatic rings. The van der Waals surface area contributed by atoms with Crippen LogP contribution in [-0.2, 0) is 4.74 Å². The number of nitrogens with zero attached hydrogens (tertiary/aromatic N) is 5. The summed E-state index contributed by atoms with van der Waals surface area (Å²) < 4.78 is 20.5. The number of H-pyrrole nitrogens is 1. The molecule has 13 nitrogen and oxygen atoms in total. The van der Waals surface area contributed by atoms with E-state index in [0.29, 0.717) is 51.8 Å². The number of allylic oxidation sites excluding steroid dienone is 1. The number of pyridine rings is 1. The van der Waals surface area contributed by atoms with Crippen molar-refractivity contribution in [2.45, 2.75) is 50.8 Å². The molecule has 4 aromatic rings. The standard InChI is InChI=1S/C43H52ClN7O6S.C2H4/c1-42(2)11-9-32(31(23-42)4-3-12-44)25-48-14-16-50(17-15-48)33-5-7-36(39(21-33)57-34-20-30-10-13-45-40(30)46-24-34)41(52)47-58-35-6-8-38(37(22-35)51(53)54)56-19-18-49-26-43(27-49)28-55-29-43;1-2/h5-8,10,13,20-22,24H,3-4,9,11-12,14-19,23,25-29H2,1-2H3,(H,45,46)(H,47,52);1-2H2. The van der Waals surface area contributed by atoms with Crippen LogP contribution in [0, 0.1) is 20.9 Å². The summed E-state index contributed by atoms with van der Waals surface area (Å²) in [6.07, 6.45) is 9.11. The minimum atomic E-state index is -0.459. The first-order valence-electron chi connectivity index (χ1n) is 20.7. The number of hydrogen-bond acceptors (Lipinski definition) is 11. The molecule has 60 heavy (non-hydrogen) atoms. The Labute approximate surface area is 361 Å². The topological polar surface area (TPSA) is 138 Å². The lowest BCUT2D eigenvalue weighted by atomic mass is 9.73. The van der Waals surface area contributed by atoms with Gasteiger partial charge in [0, 0.05) is 98.0 Å². The first-order chi connectivity index (χ1) is 29.0. The van der Waals surface area contributed by atoms with Crippen LogP contribution in [0.3, 0.4) is 0 Å². The molecule has 3 aliphatic heterocycles. The van der Waals surface area contributed by atoms with Gasteiger partial charge in [-0.1, -0.05) is 25.0 Å². The maximum atomic E-state index is 13.8. The van der Waals surface area contributed by atoms with Crippen LogP contribution in [0.15, 0.2) is 90.1 Å². The number of carbonyl (C=O) groups is 1. The number of nitro benzene ring substituents is 1. The molecule has 0 atom stereocenters. The molecule has 0 unspecified atom stereocenters. The lowest BCUT2D eigenvalue weighted by molar-refractivity contribution is -0.386. The van der Waals surface area contributed by atoms with Gasteiger partial charge in [-0.3, -0.25) is 29.4 Å². The number of piperazine rings is 1. The molecule has 320 valence electrons. The summed E-state index contributed by atoms with van der Waals surface area (Å²) in [6, 6.07) is 14.2. The average molecular weight is 859 g/mol. The summed E-state index contributed by atoms with van der Waals surface area (Å²) in [4.78, 5) is 40.6. The summed E-state index contributed by atoms with van der Waals surface area (Å²) in [5.74, 6) is 1.39. The van der Waals surface area contributed by atoms with Crippen molar-refractivity contribution in [2.75, 3.05) is 83.0 Å². The second-order valence-corrected chi connectivity index (χ2v) is 18.2.